The van der Waals surface area contributed by atoms with E-state index in [0.717, 1.165) is 19.2 Å². The van der Waals surface area contributed by atoms with Crippen molar-refractivity contribution >= 4 is 10.0 Å². The van der Waals surface area contributed by atoms with Gasteiger partial charge in [0.25, 0.3) is 0 Å². The molecule has 0 saturated carbocycles. The summed E-state index contributed by atoms with van der Waals surface area (Å²) in [6.45, 7) is 0.748. The van der Waals surface area contributed by atoms with Crippen LogP contribution in [0.25, 0.3) is 0 Å². The lowest BCUT2D eigenvalue weighted by atomic mass is 10.2. The zero-order valence-electron chi connectivity index (χ0n) is 9.45. The van der Waals surface area contributed by atoms with Crippen LogP contribution in [0.15, 0.2) is 17.2 Å². The third-order valence-corrected chi connectivity index (χ3v) is 3.66. The zero-order valence-corrected chi connectivity index (χ0v) is 10.3. The molecule has 1 aromatic rings. The number of H-pyrrole nitrogens is 1. The Hall–Kier alpha value is -1.06. The molecule has 0 spiro atoms. The van der Waals surface area contributed by atoms with E-state index >= 15 is 0 Å². The molecule has 104 valence electrons. The molecule has 18 heavy (non-hydrogen) atoms. The van der Waals surface area contributed by atoms with E-state index in [-0.39, 0.29) is 17.2 Å². The number of nitrogens with one attached hydrogen (secondary N) is 2. The maximum absolute atomic E-state index is 12.1. The number of aliphatic hydroxyl groups is 1. The summed E-state index contributed by atoms with van der Waals surface area (Å²) in [5.41, 5.74) is 0.263. The van der Waals surface area contributed by atoms with Crippen LogP contribution < -0.4 is 4.72 Å². The highest BCUT2D eigenvalue weighted by Crippen LogP contribution is 2.22. The van der Waals surface area contributed by atoms with Gasteiger partial charge in [-0.05, 0) is 13.0 Å². The number of sulfonamides is 1. The Kier molecular flexibility index (Phi) is 4.41. The Balaban J connectivity index is 2.76. The summed E-state index contributed by atoms with van der Waals surface area (Å²) in [5, 5.41) is 8.76. The van der Waals surface area contributed by atoms with Crippen molar-refractivity contribution in [1.29, 1.82) is 0 Å². The van der Waals surface area contributed by atoms with E-state index < -0.39 is 28.7 Å². The van der Waals surface area contributed by atoms with E-state index in [9.17, 15) is 21.6 Å². The lowest BCUT2D eigenvalue weighted by Crippen LogP contribution is -2.35. The van der Waals surface area contributed by atoms with Gasteiger partial charge in [-0.2, -0.15) is 13.2 Å². The average molecular weight is 286 g/mol. The molecule has 0 saturated heterocycles. The Morgan fingerprint density at radius 1 is 1.50 bits per heavy atom. The highest BCUT2D eigenvalue weighted by molar-refractivity contribution is 7.89. The number of halogens is 3. The SMILES string of the molecule is CC(CC(F)(F)F)NS(=O)(=O)c1c[nH]c(CO)c1. The van der Waals surface area contributed by atoms with Gasteiger partial charge >= 0.3 is 6.18 Å². The van der Waals surface area contributed by atoms with Crippen LogP contribution in [0.4, 0.5) is 13.2 Å². The standard InChI is InChI=1S/C9H13F3N2O3S/c1-6(3-9(10,11)12)14-18(16,17)8-2-7(5-15)13-4-8/h2,4,6,13-15H,3,5H2,1H3. The van der Waals surface area contributed by atoms with Gasteiger partial charge in [-0.1, -0.05) is 0 Å². The first-order chi connectivity index (χ1) is 8.14. The lowest BCUT2D eigenvalue weighted by Gasteiger charge is -2.15. The van der Waals surface area contributed by atoms with Gasteiger partial charge in [0.05, 0.1) is 17.9 Å². The molecule has 0 amide bonds. The van der Waals surface area contributed by atoms with Gasteiger partial charge in [0.1, 0.15) is 0 Å². The second-order valence-electron chi connectivity index (χ2n) is 3.86. The van der Waals surface area contributed by atoms with E-state index in [2.05, 4.69) is 4.98 Å². The first-order valence-corrected chi connectivity index (χ1v) is 6.49. The number of aromatic amines is 1. The Labute approximate surface area is 102 Å². The predicted octanol–water partition coefficient (Wildman–Crippen LogP) is 1.13. The van der Waals surface area contributed by atoms with Crippen LogP contribution in [0.5, 0.6) is 0 Å². The van der Waals surface area contributed by atoms with Crippen molar-refractivity contribution in [1.82, 2.24) is 9.71 Å². The van der Waals surface area contributed by atoms with Crippen LogP contribution in [-0.4, -0.2) is 30.7 Å². The van der Waals surface area contributed by atoms with Crippen molar-refractivity contribution in [3.8, 4) is 0 Å². The fraction of sp³-hybridized carbons (Fsp3) is 0.556. The summed E-state index contributed by atoms with van der Waals surface area (Å²) in [7, 11) is -4.01. The third kappa shape index (κ3) is 4.31. The summed E-state index contributed by atoms with van der Waals surface area (Å²) in [6, 6.07) is -0.106. The average Bonchev–Trinajstić information content (AvgIpc) is 2.61. The maximum Gasteiger partial charge on any atom is 0.390 e. The number of rotatable bonds is 5. The molecule has 0 aromatic carbocycles. The summed E-state index contributed by atoms with van der Waals surface area (Å²) in [4.78, 5) is 2.28. The van der Waals surface area contributed by atoms with Crippen molar-refractivity contribution in [3.05, 3.63) is 18.0 Å². The fourth-order valence-electron chi connectivity index (χ4n) is 1.39. The van der Waals surface area contributed by atoms with Crippen LogP contribution in [0.2, 0.25) is 0 Å². The molecular formula is C9H13F3N2O3S. The minimum atomic E-state index is -4.43. The summed E-state index contributed by atoms with van der Waals surface area (Å²) in [5.74, 6) is 0. The minimum Gasteiger partial charge on any atom is -0.390 e. The third-order valence-electron chi connectivity index (χ3n) is 2.09. The molecule has 0 aliphatic rings. The van der Waals surface area contributed by atoms with E-state index in [1.807, 2.05) is 4.72 Å². The van der Waals surface area contributed by atoms with Gasteiger partial charge in [-0.15, -0.1) is 0 Å². The van der Waals surface area contributed by atoms with Crippen molar-refractivity contribution in [2.45, 2.75) is 37.1 Å². The highest BCUT2D eigenvalue weighted by atomic mass is 32.2. The number of hydrogen-bond acceptors (Lipinski definition) is 3. The molecule has 0 radical (unpaired) electrons. The van der Waals surface area contributed by atoms with Crippen LogP contribution in [-0.2, 0) is 16.6 Å². The molecule has 5 nitrogen and oxygen atoms in total. The summed E-state index contributed by atoms with van der Waals surface area (Å²) in [6.07, 6.45) is -4.58. The molecule has 1 heterocycles. The number of hydrogen-bond donors (Lipinski definition) is 3. The smallest absolute Gasteiger partial charge is 0.390 e. The van der Waals surface area contributed by atoms with Gasteiger partial charge in [0.2, 0.25) is 10.0 Å². The second-order valence-corrected chi connectivity index (χ2v) is 5.57. The van der Waals surface area contributed by atoms with Gasteiger partial charge < -0.3 is 10.1 Å². The molecule has 1 atom stereocenters. The predicted molar refractivity (Wildman–Crippen MR) is 57.2 cm³/mol. The lowest BCUT2D eigenvalue weighted by molar-refractivity contribution is -0.137. The van der Waals surface area contributed by atoms with Gasteiger partial charge in [-0.3, -0.25) is 0 Å². The molecule has 1 unspecified atom stereocenters. The molecule has 3 N–H and O–H groups in total. The van der Waals surface area contributed by atoms with Crippen LogP contribution in [0.3, 0.4) is 0 Å². The topological polar surface area (TPSA) is 82.2 Å². The minimum absolute atomic E-state index is 0.208. The highest BCUT2D eigenvalue weighted by Gasteiger charge is 2.32. The van der Waals surface area contributed by atoms with E-state index in [4.69, 9.17) is 5.11 Å². The van der Waals surface area contributed by atoms with Gasteiger partial charge in [0.15, 0.2) is 0 Å². The first kappa shape index (κ1) is 15.0. The molecular weight excluding hydrogens is 273 g/mol. The fourth-order valence-corrected chi connectivity index (χ4v) is 2.65. The second kappa shape index (κ2) is 5.29. The van der Waals surface area contributed by atoms with Crippen molar-refractivity contribution < 1.29 is 26.7 Å². The summed E-state index contributed by atoms with van der Waals surface area (Å²) >= 11 is 0. The largest absolute Gasteiger partial charge is 0.390 e. The van der Waals surface area contributed by atoms with Crippen molar-refractivity contribution in [3.63, 3.8) is 0 Å². The van der Waals surface area contributed by atoms with Gasteiger partial charge in [0, 0.05) is 17.9 Å². The summed E-state index contributed by atoms with van der Waals surface area (Å²) < 4.78 is 61.5. The maximum atomic E-state index is 12.1. The van der Waals surface area contributed by atoms with Crippen LogP contribution in [0.1, 0.15) is 19.0 Å². The molecule has 0 fully saturated rings. The Morgan fingerprint density at radius 2 is 2.11 bits per heavy atom. The number of aliphatic hydroxyl groups excluding tert-OH is 1. The zero-order chi connectivity index (χ0) is 14.0. The molecule has 0 aliphatic carbocycles. The molecule has 1 aromatic heterocycles. The Bertz CT molecular complexity index is 495. The van der Waals surface area contributed by atoms with Crippen LogP contribution >= 0.6 is 0 Å². The quantitative estimate of drug-likeness (QED) is 0.758. The normalized spacial score (nSPS) is 14.7. The van der Waals surface area contributed by atoms with Crippen molar-refractivity contribution in [2.24, 2.45) is 0 Å². The van der Waals surface area contributed by atoms with Crippen molar-refractivity contribution in [2.75, 3.05) is 0 Å². The first-order valence-electron chi connectivity index (χ1n) is 5.01. The number of alkyl halides is 3. The molecule has 0 aliphatic heterocycles. The van der Waals surface area contributed by atoms with Crippen LogP contribution in [0, 0.1) is 0 Å². The molecule has 9 heteroatoms. The van der Waals surface area contributed by atoms with Gasteiger partial charge in [-0.25, -0.2) is 13.1 Å². The van der Waals surface area contributed by atoms with E-state index in [1.165, 1.54) is 0 Å². The molecule has 0 bridgehead atoms. The van der Waals surface area contributed by atoms with E-state index in [1.54, 1.807) is 0 Å². The Morgan fingerprint density at radius 3 is 2.56 bits per heavy atom. The monoisotopic (exact) mass is 286 g/mol. The number of aromatic nitrogens is 1. The molecule has 1 rings (SSSR count). The van der Waals surface area contributed by atoms with E-state index in [0.29, 0.717) is 0 Å².